The summed E-state index contributed by atoms with van der Waals surface area (Å²) in [4.78, 5) is 4.05. The van der Waals surface area contributed by atoms with E-state index in [0.717, 1.165) is 34.0 Å². The van der Waals surface area contributed by atoms with Crippen molar-refractivity contribution in [3.8, 4) is 5.75 Å². The number of rotatable bonds is 5. The minimum atomic E-state index is -0.258. The van der Waals surface area contributed by atoms with Gasteiger partial charge in [0.15, 0.2) is 0 Å². The highest BCUT2D eigenvalue weighted by Gasteiger charge is 2.29. The van der Waals surface area contributed by atoms with Gasteiger partial charge in [0.2, 0.25) is 0 Å². The van der Waals surface area contributed by atoms with Gasteiger partial charge in [-0.15, -0.1) is 0 Å². The Morgan fingerprint density at radius 1 is 1.25 bits per heavy atom. The van der Waals surface area contributed by atoms with Gasteiger partial charge in [-0.05, 0) is 43.3 Å². The summed E-state index contributed by atoms with van der Waals surface area (Å²) in [5, 5.41) is 11.4. The molecule has 128 valence electrons. The fourth-order valence-corrected chi connectivity index (χ4v) is 4.46. The van der Waals surface area contributed by atoms with Crippen molar-refractivity contribution in [3.63, 3.8) is 0 Å². The third-order valence-electron chi connectivity index (χ3n) is 4.44. The largest absolute Gasteiger partial charge is 0.507 e. The predicted molar refractivity (Wildman–Crippen MR) is 103 cm³/mol. The first-order chi connectivity index (χ1) is 11.3. The van der Waals surface area contributed by atoms with Gasteiger partial charge in [0.05, 0.1) is 0 Å². The lowest BCUT2D eigenvalue weighted by atomic mass is 9.93. The maximum absolute atomic E-state index is 13.6. The summed E-state index contributed by atoms with van der Waals surface area (Å²) in [6.07, 6.45) is 2.57. The molecule has 2 aromatic carbocycles. The van der Waals surface area contributed by atoms with Crippen LogP contribution in [0.25, 0.3) is 0 Å². The van der Waals surface area contributed by atoms with E-state index < -0.39 is 0 Å². The van der Waals surface area contributed by atoms with E-state index in [1.165, 1.54) is 12.1 Å². The highest BCUT2D eigenvalue weighted by Crippen LogP contribution is 2.48. The number of phenols is 1. The van der Waals surface area contributed by atoms with Gasteiger partial charge >= 0.3 is 0 Å². The molecule has 0 radical (unpaired) electrons. The lowest BCUT2D eigenvalue weighted by Crippen LogP contribution is -2.20. The summed E-state index contributed by atoms with van der Waals surface area (Å²) in [6.45, 7) is 8.26. The van der Waals surface area contributed by atoms with Gasteiger partial charge in [-0.25, -0.2) is 4.39 Å². The zero-order valence-corrected chi connectivity index (χ0v) is 15.9. The van der Waals surface area contributed by atoms with E-state index in [9.17, 15) is 9.50 Å². The average Bonchev–Trinajstić information content (AvgIpc) is 2.53. The molecule has 24 heavy (non-hydrogen) atoms. The highest BCUT2D eigenvalue weighted by atomic mass is 31.1. The lowest BCUT2D eigenvalue weighted by Gasteiger charge is -2.31. The smallest absolute Gasteiger partial charge is 0.123 e. The first-order valence-electron chi connectivity index (χ1n) is 8.11. The average molecular weight is 345 g/mol. The van der Waals surface area contributed by atoms with E-state index >= 15 is 0 Å². The van der Waals surface area contributed by atoms with E-state index in [-0.39, 0.29) is 11.0 Å². The highest BCUT2D eigenvalue weighted by molar-refractivity contribution is 7.48. The Labute approximate surface area is 145 Å². The van der Waals surface area contributed by atoms with E-state index in [0.29, 0.717) is 14.3 Å². The second-order valence-electron chi connectivity index (χ2n) is 6.41. The van der Waals surface area contributed by atoms with Crippen molar-refractivity contribution in [3.05, 3.63) is 58.4 Å². The van der Waals surface area contributed by atoms with Crippen molar-refractivity contribution in [2.24, 2.45) is 4.99 Å². The van der Waals surface area contributed by atoms with E-state index in [2.05, 4.69) is 24.9 Å². The van der Waals surface area contributed by atoms with E-state index in [4.69, 9.17) is 0 Å². The summed E-state index contributed by atoms with van der Waals surface area (Å²) in [6, 6.07) is 8.90. The first-order valence-corrected chi connectivity index (χ1v) is 9.11. The molecule has 0 saturated heterocycles. The van der Waals surface area contributed by atoms with Crippen LogP contribution in [0.5, 0.6) is 5.75 Å². The Balaban J connectivity index is 2.53. The van der Waals surface area contributed by atoms with Crippen molar-refractivity contribution >= 4 is 20.1 Å². The van der Waals surface area contributed by atoms with Crippen molar-refractivity contribution in [1.29, 1.82) is 0 Å². The maximum Gasteiger partial charge on any atom is 0.123 e. The Morgan fingerprint density at radius 3 is 2.58 bits per heavy atom. The van der Waals surface area contributed by atoms with Crippen LogP contribution < -0.4 is 5.30 Å². The summed E-state index contributed by atoms with van der Waals surface area (Å²) >= 11 is 0. The lowest BCUT2D eigenvalue weighted by molar-refractivity contribution is 0.452. The maximum atomic E-state index is 13.6. The third kappa shape index (κ3) is 3.84. The number of halogens is 1. The van der Waals surface area contributed by atoms with Gasteiger partial charge in [-0.2, -0.15) is 0 Å². The Morgan fingerprint density at radius 2 is 1.96 bits per heavy atom. The van der Waals surface area contributed by atoms with Gasteiger partial charge in [0.1, 0.15) is 11.6 Å². The number of hydrogen-bond donors (Lipinski definition) is 1. The van der Waals surface area contributed by atoms with Crippen LogP contribution in [0.3, 0.4) is 0 Å². The Kier molecular flexibility index (Phi) is 5.77. The Bertz CT molecular complexity index is 772. The molecule has 1 N–H and O–H groups in total. The molecule has 0 aliphatic rings. The number of aryl methyl sites for hydroxylation is 2. The van der Waals surface area contributed by atoms with Crippen LogP contribution >= 0.6 is 8.58 Å². The summed E-state index contributed by atoms with van der Waals surface area (Å²) in [5.74, 6) is 0.108. The molecular weight excluding hydrogens is 320 g/mol. The molecule has 0 amide bonds. The van der Waals surface area contributed by atoms with Crippen LogP contribution in [-0.4, -0.2) is 18.4 Å². The van der Waals surface area contributed by atoms with Crippen molar-refractivity contribution in [2.75, 3.05) is 7.05 Å². The van der Waals surface area contributed by atoms with Crippen molar-refractivity contribution < 1.29 is 9.50 Å². The van der Waals surface area contributed by atoms with Gasteiger partial charge in [0.25, 0.3) is 0 Å². The van der Waals surface area contributed by atoms with Crippen molar-refractivity contribution in [2.45, 2.75) is 39.3 Å². The third-order valence-corrected chi connectivity index (χ3v) is 6.34. The van der Waals surface area contributed by atoms with Crippen LogP contribution in [0.1, 0.15) is 42.5 Å². The monoisotopic (exact) mass is 345 g/mol. The molecule has 0 spiro atoms. The molecule has 2 aromatic rings. The number of nitrogens with zero attached hydrogens (tertiary/aromatic N) is 1. The SMILES string of the molecule is CCC(C)(Pc1ccc(F)cc1/C=N/C)c1cc(C)cc(C)c1O. The minimum Gasteiger partial charge on any atom is -0.507 e. The van der Waals surface area contributed by atoms with Crippen LogP contribution in [0.15, 0.2) is 35.3 Å². The zero-order chi connectivity index (χ0) is 17.9. The number of benzene rings is 2. The van der Waals surface area contributed by atoms with Crippen LogP contribution in [0.2, 0.25) is 0 Å². The predicted octanol–water partition coefficient (Wildman–Crippen LogP) is 4.83. The molecule has 0 heterocycles. The Hall–Kier alpha value is -1.73. The fourth-order valence-electron chi connectivity index (χ4n) is 2.92. The van der Waals surface area contributed by atoms with Crippen LogP contribution in [0, 0.1) is 19.7 Å². The first kappa shape index (κ1) is 18.6. The van der Waals surface area contributed by atoms with Crippen LogP contribution in [-0.2, 0) is 5.16 Å². The summed E-state index contributed by atoms with van der Waals surface area (Å²) in [7, 11) is 2.09. The van der Waals surface area contributed by atoms with Crippen LogP contribution in [0.4, 0.5) is 4.39 Å². The molecule has 2 atom stereocenters. The molecule has 0 aromatic heterocycles. The van der Waals surface area contributed by atoms with Gasteiger partial charge in [0, 0.05) is 29.5 Å². The molecule has 2 unspecified atom stereocenters. The zero-order valence-electron chi connectivity index (χ0n) is 14.9. The topological polar surface area (TPSA) is 32.6 Å². The quantitative estimate of drug-likeness (QED) is 0.611. The molecule has 0 fully saturated rings. The molecule has 2 rings (SSSR count). The van der Waals surface area contributed by atoms with Gasteiger partial charge < -0.3 is 5.11 Å². The second-order valence-corrected chi connectivity index (χ2v) is 8.30. The molecule has 4 heteroatoms. The fraction of sp³-hybridized carbons (Fsp3) is 0.350. The van der Waals surface area contributed by atoms with E-state index in [1.807, 2.05) is 26.0 Å². The molecule has 0 aliphatic carbocycles. The molecule has 0 saturated carbocycles. The second kappa shape index (κ2) is 7.44. The van der Waals surface area contributed by atoms with Gasteiger partial charge in [-0.1, -0.05) is 46.2 Å². The normalized spacial score (nSPS) is 14.6. The number of aliphatic imine (C=N–C) groups is 1. The summed E-state index contributed by atoms with van der Waals surface area (Å²) in [5.41, 5.74) is 3.80. The standard InChI is InChI=1S/C20H25FNOP/c1-6-20(4,17-10-13(2)9-14(3)19(17)23)24-18-8-7-16(21)11-15(18)12-22-5/h7-12,23-24H,6H2,1-5H3/b22-12+. The molecular formula is C20H25FNOP. The summed E-state index contributed by atoms with van der Waals surface area (Å²) < 4.78 is 13.6. The van der Waals surface area contributed by atoms with E-state index in [1.54, 1.807) is 13.3 Å². The molecule has 0 aliphatic heterocycles. The number of phenolic OH excluding ortho intramolecular Hbond substituents is 1. The van der Waals surface area contributed by atoms with Gasteiger partial charge in [-0.3, -0.25) is 4.99 Å². The molecule has 0 bridgehead atoms. The minimum absolute atomic E-state index is 0.213. The molecule has 2 nitrogen and oxygen atoms in total. The number of hydrogen-bond acceptors (Lipinski definition) is 2. The number of aromatic hydroxyl groups is 1. The van der Waals surface area contributed by atoms with Crippen molar-refractivity contribution in [1.82, 2.24) is 0 Å².